The molecule has 0 spiro atoms. The first-order valence-electron chi connectivity index (χ1n) is 8.77. The number of pyridine rings is 1. The minimum absolute atomic E-state index is 0.147. The molecular formula is C21H19N3O5. The van der Waals surface area contributed by atoms with Gasteiger partial charge < -0.3 is 14.6 Å². The predicted molar refractivity (Wildman–Crippen MR) is 109 cm³/mol. The van der Waals surface area contributed by atoms with Crippen molar-refractivity contribution in [2.45, 2.75) is 13.5 Å². The zero-order valence-electron chi connectivity index (χ0n) is 15.9. The van der Waals surface area contributed by atoms with Crippen molar-refractivity contribution in [3.63, 3.8) is 0 Å². The van der Waals surface area contributed by atoms with Gasteiger partial charge in [-0.25, -0.2) is 0 Å². The maximum absolute atomic E-state index is 12.6. The summed E-state index contributed by atoms with van der Waals surface area (Å²) in [6.07, 6.45) is 1.48. The van der Waals surface area contributed by atoms with E-state index >= 15 is 0 Å². The standard InChI is InChI=1S/C21H19N3O5/c1-14-3-5-15(6-4-14)12-23-13-16(7-10-20(23)25)21(26)22-18-9-8-17(24(27)28)11-19(18)29-2/h3-11,13H,12H2,1-2H3,(H,22,26). The number of aromatic nitrogens is 1. The summed E-state index contributed by atoms with van der Waals surface area (Å²) in [5.74, 6) is -0.296. The van der Waals surface area contributed by atoms with E-state index in [9.17, 15) is 19.7 Å². The molecule has 3 rings (SSSR count). The fraction of sp³-hybridized carbons (Fsp3) is 0.143. The summed E-state index contributed by atoms with van der Waals surface area (Å²) in [4.78, 5) is 35.2. The molecule has 8 nitrogen and oxygen atoms in total. The number of non-ortho nitro benzene ring substituents is 1. The molecule has 1 heterocycles. The number of nitro benzene ring substituents is 1. The van der Waals surface area contributed by atoms with Gasteiger partial charge in [0.2, 0.25) is 0 Å². The highest BCUT2D eigenvalue weighted by molar-refractivity contribution is 6.04. The molecule has 148 valence electrons. The molecule has 0 bridgehead atoms. The van der Waals surface area contributed by atoms with Gasteiger partial charge in [-0.15, -0.1) is 0 Å². The Hall–Kier alpha value is -3.94. The highest BCUT2D eigenvalue weighted by atomic mass is 16.6. The number of ether oxygens (including phenoxy) is 1. The van der Waals surface area contributed by atoms with Crippen LogP contribution in [0.5, 0.6) is 5.75 Å². The second-order valence-electron chi connectivity index (χ2n) is 6.47. The van der Waals surface area contributed by atoms with Gasteiger partial charge in [0.1, 0.15) is 5.75 Å². The molecule has 0 aliphatic rings. The third kappa shape index (κ3) is 4.67. The van der Waals surface area contributed by atoms with Crippen molar-refractivity contribution >= 4 is 17.3 Å². The van der Waals surface area contributed by atoms with Crippen LogP contribution in [0, 0.1) is 17.0 Å². The molecular weight excluding hydrogens is 374 g/mol. The molecule has 1 amide bonds. The Labute approximate surface area is 166 Å². The molecule has 0 aliphatic heterocycles. The van der Waals surface area contributed by atoms with Crippen LogP contribution in [0.1, 0.15) is 21.5 Å². The predicted octanol–water partition coefficient (Wildman–Crippen LogP) is 3.37. The van der Waals surface area contributed by atoms with Crippen LogP contribution in [0.15, 0.2) is 65.6 Å². The van der Waals surface area contributed by atoms with Crippen molar-refractivity contribution in [3.8, 4) is 5.75 Å². The Morgan fingerprint density at radius 1 is 1.14 bits per heavy atom. The van der Waals surface area contributed by atoms with Gasteiger partial charge in [-0.3, -0.25) is 19.7 Å². The third-order valence-corrected chi connectivity index (χ3v) is 4.36. The molecule has 0 unspecified atom stereocenters. The maximum atomic E-state index is 12.6. The summed E-state index contributed by atoms with van der Waals surface area (Å²) in [6, 6.07) is 14.4. The number of nitro groups is 1. The summed E-state index contributed by atoms with van der Waals surface area (Å²) in [7, 11) is 1.36. The number of methoxy groups -OCH3 is 1. The van der Waals surface area contributed by atoms with Crippen molar-refractivity contribution in [2.24, 2.45) is 0 Å². The first-order chi connectivity index (χ1) is 13.9. The zero-order chi connectivity index (χ0) is 21.0. The van der Waals surface area contributed by atoms with Crippen molar-refractivity contribution in [2.75, 3.05) is 12.4 Å². The number of hydrogen-bond donors (Lipinski definition) is 1. The van der Waals surface area contributed by atoms with Crippen LogP contribution in [-0.4, -0.2) is 22.5 Å². The summed E-state index contributed by atoms with van der Waals surface area (Å²) < 4.78 is 6.58. The molecule has 29 heavy (non-hydrogen) atoms. The van der Waals surface area contributed by atoms with Crippen LogP contribution in [0.3, 0.4) is 0 Å². The molecule has 0 aliphatic carbocycles. The lowest BCUT2D eigenvalue weighted by molar-refractivity contribution is -0.384. The highest BCUT2D eigenvalue weighted by Crippen LogP contribution is 2.29. The van der Waals surface area contributed by atoms with E-state index in [-0.39, 0.29) is 22.6 Å². The Morgan fingerprint density at radius 2 is 1.86 bits per heavy atom. The summed E-state index contributed by atoms with van der Waals surface area (Å²) in [5, 5.41) is 13.6. The number of rotatable bonds is 6. The average Bonchev–Trinajstić information content (AvgIpc) is 2.71. The fourth-order valence-corrected chi connectivity index (χ4v) is 2.77. The Morgan fingerprint density at radius 3 is 2.52 bits per heavy atom. The first-order valence-corrected chi connectivity index (χ1v) is 8.77. The molecule has 1 N–H and O–H groups in total. The molecule has 0 saturated carbocycles. The molecule has 8 heteroatoms. The van der Waals surface area contributed by atoms with E-state index in [1.165, 1.54) is 48.2 Å². The van der Waals surface area contributed by atoms with Crippen molar-refractivity contribution in [1.29, 1.82) is 0 Å². The van der Waals surface area contributed by atoms with Gasteiger partial charge in [-0.1, -0.05) is 29.8 Å². The summed E-state index contributed by atoms with van der Waals surface area (Å²) in [5.41, 5.74) is 2.25. The number of aryl methyl sites for hydroxylation is 1. The van der Waals surface area contributed by atoms with E-state index in [1.807, 2.05) is 31.2 Å². The number of amides is 1. The minimum Gasteiger partial charge on any atom is -0.494 e. The normalized spacial score (nSPS) is 10.4. The van der Waals surface area contributed by atoms with E-state index in [0.29, 0.717) is 12.2 Å². The van der Waals surface area contributed by atoms with Crippen LogP contribution in [0.25, 0.3) is 0 Å². The number of nitrogens with one attached hydrogen (secondary N) is 1. The molecule has 1 aromatic heterocycles. The second-order valence-corrected chi connectivity index (χ2v) is 6.47. The Balaban J connectivity index is 1.84. The molecule has 2 aromatic carbocycles. The lowest BCUT2D eigenvalue weighted by Crippen LogP contribution is -2.22. The van der Waals surface area contributed by atoms with Gasteiger partial charge >= 0.3 is 0 Å². The van der Waals surface area contributed by atoms with E-state index in [1.54, 1.807) is 0 Å². The number of carbonyl (C=O) groups excluding carboxylic acids is 1. The average molecular weight is 393 g/mol. The molecule has 0 saturated heterocycles. The van der Waals surface area contributed by atoms with Crippen LogP contribution < -0.4 is 15.6 Å². The van der Waals surface area contributed by atoms with Crippen molar-refractivity contribution in [3.05, 3.63) is 98.0 Å². The van der Waals surface area contributed by atoms with Gasteiger partial charge in [0.15, 0.2) is 0 Å². The van der Waals surface area contributed by atoms with E-state index in [2.05, 4.69) is 5.32 Å². The molecule has 0 atom stereocenters. The quantitative estimate of drug-likeness (QED) is 0.511. The van der Waals surface area contributed by atoms with E-state index in [0.717, 1.165) is 11.1 Å². The minimum atomic E-state index is -0.547. The van der Waals surface area contributed by atoms with Crippen LogP contribution in [0.4, 0.5) is 11.4 Å². The number of anilines is 1. The lowest BCUT2D eigenvalue weighted by atomic mass is 10.1. The molecule has 3 aromatic rings. The van der Waals surface area contributed by atoms with E-state index in [4.69, 9.17) is 4.74 Å². The fourth-order valence-electron chi connectivity index (χ4n) is 2.77. The molecule has 0 fully saturated rings. The van der Waals surface area contributed by atoms with Gasteiger partial charge in [-0.05, 0) is 24.6 Å². The number of benzene rings is 2. The smallest absolute Gasteiger partial charge is 0.273 e. The van der Waals surface area contributed by atoms with E-state index < -0.39 is 10.8 Å². The van der Waals surface area contributed by atoms with Crippen molar-refractivity contribution < 1.29 is 14.5 Å². The SMILES string of the molecule is COc1cc([N+](=O)[O-])ccc1NC(=O)c1ccc(=O)n(Cc2ccc(C)cc2)c1. The first kappa shape index (κ1) is 19.8. The third-order valence-electron chi connectivity index (χ3n) is 4.36. The largest absolute Gasteiger partial charge is 0.494 e. The lowest BCUT2D eigenvalue weighted by Gasteiger charge is -2.11. The van der Waals surface area contributed by atoms with Crippen LogP contribution in [-0.2, 0) is 6.54 Å². The number of nitrogens with zero attached hydrogens (tertiary/aromatic N) is 2. The van der Waals surface area contributed by atoms with Gasteiger partial charge in [0.05, 0.1) is 35.9 Å². The number of carbonyl (C=O) groups is 1. The maximum Gasteiger partial charge on any atom is 0.273 e. The highest BCUT2D eigenvalue weighted by Gasteiger charge is 2.15. The topological polar surface area (TPSA) is 103 Å². The van der Waals surface area contributed by atoms with Crippen LogP contribution >= 0.6 is 0 Å². The van der Waals surface area contributed by atoms with Gasteiger partial charge in [-0.2, -0.15) is 0 Å². The van der Waals surface area contributed by atoms with Gasteiger partial charge in [0, 0.05) is 18.3 Å². The van der Waals surface area contributed by atoms with Gasteiger partial charge in [0.25, 0.3) is 17.2 Å². The Bertz CT molecular complexity index is 1120. The summed E-state index contributed by atoms with van der Waals surface area (Å²) in [6.45, 7) is 2.31. The van der Waals surface area contributed by atoms with Crippen molar-refractivity contribution in [1.82, 2.24) is 4.57 Å². The molecule has 0 radical (unpaired) electrons. The zero-order valence-corrected chi connectivity index (χ0v) is 15.9. The Kier molecular flexibility index (Phi) is 5.73. The number of hydrogen-bond acceptors (Lipinski definition) is 5. The monoisotopic (exact) mass is 393 g/mol. The second kappa shape index (κ2) is 8.39. The van der Waals surface area contributed by atoms with Crippen LogP contribution in [0.2, 0.25) is 0 Å². The summed E-state index contributed by atoms with van der Waals surface area (Å²) >= 11 is 0.